The highest BCUT2D eigenvalue weighted by molar-refractivity contribution is 6.32. The molecule has 5 nitrogen and oxygen atoms in total. The van der Waals surface area contributed by atoms with Gasteiger partial charge in [0.15, 0.2) is 6.29 Å². The lowest BCUT2D eigenvalue weighted by Crippen LogP contribution is -2.40. The second-order valence-electron chi connectivity index (χ2n) is 8.74. The van der Waals surface area contributed by atoms with Crippen molar-refractivity contribution in [3.05, 3.63) is 64.2 Å². The van der Waals surface area contributed by atoms with E-state index in [2.05, 4.69) is 17.2 Å². The molecular weight excluding hydrogens is 436 g/mol. The minimum atomic E-state index is -0.850. The summed E-state index contributed by atoms with van der Waals surface area (Å²) in [6.45, 7) is 3.14. The van der Waals surface area contributed by atoms with E-state index in [0.29, 0.717) is 29.5 Å². The topological polar surface area (TPSA) is 71.3 Å². The van der Waals surface area contributed by atoms with Gasteiger partial charge in [0.2, 0.25) is 5.91 Å². The Morgan fingerprint density at radius 2 is 1.79 bits per heavy atom. The average Bonchev–Trinajstić information content (AvgIpc) is 3.38. The van der Waals surface area contributed by atoms with Crippen LogP contribution in [0, 0.1) is 34.5 Å². The second kappa shape index (κ2) is 10.4. The van der Waals surface area contributed by atoms with Crippen LogP contribution in [0.5, 0.6) is 0 Å². The zero-order valence-corrected chi connectivity index (χ0v) is 19.5. The third kappa shape index (κ3) is 5.40. The summed E-state index contributed by atoms with van der Waals surface area (Å²) in [5.41, 5.74) is 1.89. The van der Waals surface area contributed by atoms with Crippen molar-refractivity contribution in [1.82, 2.24) is 0 Å². The van der Waals surface area contributed by atoms with Crippen molar-refractivity contribution in [2.24, 2.45) is 11.3 Å². The van der Waals surface area contributed by atoms with Crippen molar-refractivity contribution >= 4 is 23.2 Å². The molecular formula is C27H27ClN2O3. The number of carbonyl (C=O) groups is 1. The molecule has 4 rings (SSSR count). The molecule has 2 aromatic rings. The van der Waals surface area contributed by atoms with Gasteiger partial charge in [0, 0.05) is 16.8 Å². The average molecular weight is 463 g/mol. The summed E-state index contributed by atoms with van der Waals surface area (Å²) >= 11 is 6.16. The second-order valence-corrected chi connectivity index (χ2v) is 9.15. The molecule has 1 saturated heterocycles. The van der Waals surface area contributed by atoms with Crippen LogP contribution in [-0.4, -0.2) is 19.1 Å². The predicted molar refractivity (Wildman–Crippen MR) is 127 cm³/mol. The molecule has 1 N–H and O–H groups in total. The van der Waals surface area contributed by atoms with E-state index >= 15 is 0 Å². The highest BCUT2D eigenvalue weighted by atomic mass is 35.5. The van der Waals surface area contributed by atoms with Crippen LogP contribution in [0.2, 0.25) is 5.02 Å². The van der Waals surface area contributed by atoms with Crippen molar-refractivity contribution in [2.75, 3.05) is 18.5 Å². The van der Waals surface area contributed by atoms with E-state index in [4.69, 9.17) is 26.3 Å². The fourth-order valence-corrected chi connectivity index (χ4v) is 4.67. The Morgan fingerprint density at radius 3 is 2.42 bits per heavy atom. The van der Waals surface area contributed by atoms with Crippen LogP contribution in [0.1, 0.15) is 62.0 Å². The zero-order chi connectivity index (χ0) is 23.3. The maximum Gasteiger partial charge on any atom is 0.242 e. The lowest BCUT2D eigenvalue weighted by atomic mass is 9.69. The Labute approximate surface area is 200 Å². The molecule has 2 aliphatic rings. The number of benzene rings is 2. The molecule has 2 aromatic carbocycles. The Kier molecular flexibility index (Phi) is 7.36. The van der Waals surface area contributed by atoms with E-state index < -0.39 is 5.41 Å². The molecule has 1 heterocycles. The highest BCUT2D eigenvalue weighted by Gasteiger charge is 2.40. The van der Waals surface area contributed by atoms with Gasteiger partial charge in [0.05, 0.1) is 23.8 Å². The van der Waals surface area contributed by atoms with Crippen LogP contribution in [0.4, 0.5) is 5.69 Å². The predicted octanol–water partition coefficient (Wildman–Crippen LogP) is 5.83. The van der Waals surface area contributed by atoms with Gasteiger partial charge in [-0.2, -0.15) is 5.26 Å². The molecule has 1 aliphatic heterocycles. The van der Waals surface area contributed by atoms with Crippen LogP contribution in [0.25, 0.3) is 0 Å². The smallest absolute Gasteiger partial charge is 0.242 e. The Morgan fingerprint density at radius 1 is 1.09 bits per heavy atom. The van der Waals surface area contributed by atoms with Gasteiger partial charge in [-0.1, -0.05) is 54.8 Å². The third-order valence-corrected chi connectivity index (χ3v) is 6.82. The fourth-order valence-electron chi connectivity index (χ4n) is 4.45. The fraction of sp³-hybridized carbons (Fsp3) is 0.407. The van der Waals surface area contributed by atoms with Crippen molar-refractivity contribution < 1.29 is 14.3 Å². The van der Waals surface area contributed by atoms with Crippen molar-refractivity contribution in [3.63, 3.8) is 0 Å². The summed E-state index contributed by atoms with van der Waals surface area (Å²) in [6.07, 6.45) is 5.04. The third-order valence-electron chi connectivity index (χ3n) is 6.51. The Hall–Kier alpha value is -2.83. The number of nitrogens with one attached hydrogen (secondary N) is 1. The van der Waals surface area contributed by atoms with Gasteiger partial charge in [-0.05, 0) is 56.0 Å². The van der Waals surface area contributed by atoms with E-state index in [1.165, 1.54) is 6.42 Å². The summed E-state index contributed by atoms with van der Waals surface area (Å²) < 4.78 is 11.1. The maximum absolute atomic E-state index is 13.5. The van der Waals surface area contributed by atoms with E-state index in [1.807, 2.05) is 37.3 Å². The number of nitrogens with zero attached hydrogens (tertiary/aromatic N) is 1. The number of halogens is 1. The largest absolute Gasteiger partial charge is 0.346 e. The molecule has 0 bridgehead atoms. The summed E-state index contributed by atoms with van der Waals surface area (Å²) in [5, 5.41) is 12.4. The van der Waals surface area contributed by atoms with E-state index in [0.717, 1.165) is 36.8 Å². The lowest BCUT2D eigenvalue weighted by molar-refractivity contribution is -0.124. The first-order valence-corrected chi connectivity index (χ1v) is 11.7. The van der Waals surface area contributed by atoms with Crippen LogP contribution >= 0.6 is 11.6 Å². The van der Waals surface area contributed by atoms with E-state index in [1.54, 1.807) is 18.2 Å². The zero-order valence-electron chi connectivity index (χ0n) is 18.7. The maximum atomic E-state index is 13.5. The first kappa shape index (κ1) is 23.3. The van der Waals surface area contributed by atoms with Crippen molar-refractivity contribution in [3.8, 4) is 17.9 Å². The van der Waals surface area contributed by atoms with Gasteiger partial charge in [-0.3, -0.25) is 4.79 Å². The normalized spacial score (nSPS) is 18.6. The van der Waals surface area contributed by atoms with Gasteiger partial charge in [0.1, 0.15) is 11.5 Å². The van der Waals surface area contributed by atoms with Crippen molar-refractivity contribution in [2.45, 2.75) is 45.3 Å². The SMILES string of the molecule is CC(C#Cc1ccc(C2OCCO2)cc1)(C(=O)Nc1ccc(C#N)c(Cl)c1)C1CCCCC1. The molecule has 6 heteroatoms. The summed E-state index contributed by atoms with van der Waals surface area (Å²) in [6, 6.07) is 14.7. The van der Waals surface area contributed by atoms with E-state index in [-0.39, 0.29) is 18.1 Å². The summed E-state index contributed by atoms with van der Waals surface area (Å²) in [5.74, 6) is 6.58. The number of carbonyl (C=O) groups excluding carboxylic acids is 1. The Balaban J connectivity index is 1.57. The number of rotatable bonds is 4. The highest BCUT2D eigenvalue weighted by Crippen LogP contribution is 2.39. The minimum Gasteiger partial charge on any atom is -0.346 e. The molecule has 0 spiro atoms. The summed E-state index contributed by atoms with van der Waals surface area (Å²) in [7, 11) is 0. The Bertz CT molecular complexity index is 1100. The summed E-state index contributed by atoms with van der Waals surface area (Å²) in [4.78, 5) is 13.5. The molecule has 1 unspecified atom stereocenters. The quantitative estimate of drug-likeness (QED) is 0.580. The van der Waals surface area contributed by atoms with Crippen LogP contribution < -0.4 is 5.32 Å². The van der Waals surface area contributed by atoms with Gasteiger partial charge >= 0.3 is 0 Å². The number of anilines is 1. The number of hydrogen-bond donors (Lipinski definition) is 1. The standard InChI is InChI=1S/C27H27ClN2O3/c1-27(22-5-3-2-4-6-22,26(31)30-23-12-11-21(18-29)24(28)17-23)14-13-19-7-9-20(10-8-19)25-32-15-16-33-25/h7-12,17,22,25H,2-6,15-16H2,1H3,(H,30,31). The van der Waals surface area contributed by atoms with Crippen LogP contribution in [0.3, 0.4) is 0 Å². The van der Waals surface area contributed by atoms with E-state index in [9.17, 15) is 4.79 Å². The monoisotopic (exact) mass is 462 g/mol. The van der Waals surface area contributed by atoms with Gasteiger partial charge in [-0.25, -0.2) is 0 Å². The molecule has 2 fully saturated rings. The van der Waals surface area contributed by atoms with Crippen LogP contribution in [-0.2, 0) is 14.3 Å². The van der Waals surface area contributed by atoms with Gasteiger partial charge < -0.3 is 14.8 Å². The first-order valence-electron chi connectivity index (χ1n) is 11.4. The molecule has 170 valence electrons. The van der Waals surface area contributed by atoms with Crippen LogP contribution in [0.15, 0.2) is 42.5 Å². The molecule has 33 heavy (non-hydrogen) atoms. The minimum absolute atomic E-state index is 0.146. The molecule has 1 saturated carbocycles. The number of nitriles is 1. The van der Waals surface area contributed by atoms with Crippen molar-refractivity contribution in [1.29, 1.82) is 5.26 Å². The molecule has 0 aromatic heterocycles. The number of ether oxygens (including phenoxy) is 2. The molecule has 0 radical (unpaired) electrons. The molecule has 1 aliphatic carbocycles. The number of amides is 1. The van der Waals surface area contributed by atoms with Gasteiger partial charge in [-0.15, -0.1) is 0 Å². The first-order chi connectivity index (χ1) is 16.0. The molecule has 1 amide bonds. The number of hydrogen-bond acceptors (Lipinski definition) is 4. The molecule has 1 atom stereocenters. The van der Waals surface area contributed by atoms with Gasteiger partial charge in [0.25, 0.3) is 0 Å². The lowest BCUT2D eigenvalue weighted by Gasteiger charge is -2.34.